The highest BCUT2D eigenvalue weighted by Gasteiger charge is 1.92. The zero-order chi connectivity index (χ0) is 23.9. The summed E-state index contributed by atoms with van der Waals surface area (Å²) < 4.78 is 0. The summed E-state index contributed by atoms with van der Waals surface area (Å²) in [7, 11) is 0. The van der Waals surface area contributed by atoms with E-state index in [1.807, 2.05) is 62.3 Å². The van der Waals surface area contributed by atoms with Gasteiger partial charge in [-0.1, -0.05) is 147 Å². The third kappa shape index (κ3) is 251. The van der Waals surface area contributed by atoms with Gasteiger partial charge in [-0.25, -0.2) is 0 Å². The summed E-state index contributed by atoms with van der Waals surface area (Å²) in [6.45, 7) is 38.5. The molecule has 0 N–H and O–H groups in total. The molecule has 0 aromatic carbocycles. The first-order chi connectivity index (χ1) is 13.1. The first-order valence-electron chi connectivity index (χ1n) is 12.2. The van der Waals surface area contributed by atoms with Gasteiger partial charge in [-0.3, -0.25) is 0 Å². The van der Waals surface area contributed by atoms with E-state index >= 15 is 0 Å². The van der Waals surface area contributed by atoms with Gasteiger partial charge in [0.25, 0.3) is 0 Å². The molecule has 0 saturated carbocycles. The van der Waals surface area contributed by atoms with Crippen LogP contribution < -0.4 is 0 Å². The van der Waals surface area contributed by atoms with Crippen molar-refractivity contribution >= 4 is 0 Å². The fourth-order valence-corrected chi connectivity index (χ4v) is 1.16. The molecule has 0 aromatic rings. The van der Waals surface area contributed by atoms with E-state index in [4.69, 9.17) is 0 Å². The molecule has 0 spiro atoms. The van der Waals surface area contributed by atoms with E-state index in [0.29, 0.717) is 0 Å². The van der Waals surface area contributed by atoms with Gasteiger partial charge >= 0.3 is 0 Å². The van der Waals surface area contributed by atoms with Crippen LogP contribution in [0.15, 0.2) is 25.8 Å². The van der Waals surface area contributed by atoms with Gasteiger partial charge in [0.15, 0.2) is 0 Å². The normalized spacial score (nSPS) is 6.63. The van der Waals surface area contributed by atoms with Gasteiger partial charge in [0.05, 0.1) is 0 Å². The van der Waals surface area contributed by atoms with Crippen LogP contribution in [0.3, 0.4) is 0 Å². The van der Waals surface area contributed by atoms with E-state index in [-0.39, 0.29) is 0 Å². The second-order valence-corrected chi connectivity index (χ2v) is 5.00. The number of hydrogen-bond acceptors (Lipinski definition) is 0. The standard InChI is InChI=1S/C10H22.C4H10.C3H6.4C2H6.C2H4/c1-4-5-6-7-8-9-10(2)3;1-3-4-2;1-3-2;5*1-2/h10H,4-9H2,1-3H3;3-4H2,1-2H3;3H,1H2,2H3;4*1-2H3;1-2H2. The predicted octanol–water partition coefficient (Wildman–Crippen LogP) is 11.9. The molecule has 0 nitrogen and oxygen atoms in total. The van der Waals surface area contributed by atoms with Crippen LogP contribution in [0.1, 0.15) is 148 Å². The minimum Gasteiger partial charge on any atom is -0.106 e. The fraction of sp³-hybridized carbons (Fsp3) is 0.852. The molecule has 0 aliphatic carbocycles. The molecular formula is C27H66. The average Bonchev–Trinajstić information content (AvgIpc) is 2.76. The quantitative estimate of drug-likeness (QED) is 0.299. The lowest BCUT2D eigenvalue weighted by Gasteiger charge is -2.02. The number of hydrogen-bond donors (Lipinski definition) is 0. The zero-order valence-corrected chi connectivity index (χ0v) is 22.9. The van der Waals surface area contributed by atoms with Crippen LogP contribution in [0.2, 0.25) is 0 Å². The summed E-state index contributed by atoms with van der Waals surface area (Å²) in [5.74, 6) is 0.904. The van der Waals surface area contributed by atoms with Crippen LogP contribution in [-0.2, 0) is 0 Å². The summed E-state index contributed by atoms with van der Waals surface area (Å²) in [5.41, 5.74) is 0. The Bertz CT molecular complexity index is 111. The zero-order valence-electron chi connectivity index (χ0n) is 22.9. The summed E-state index contributed by atoms with van der Waals surface area (Å²) in [4.78, 5) is 0. The molecule has 0 unspecified atom stereocenters. The van der Waals surface area contributed by atoms with Gasteiger partial charge < -0.3 is 0 Å². The van der Waals surface area contributed by atoms with Crippen LogP contribution in [0.5, 0.6) is 0 Å². The molecule has 0 atom stereocenters. The van der Waals surface area contributed by atoms with Crippen LogP contribution >= 0.6 is 0 Å². The van der Waals surface area contributed by atoms with Crippen molar-refractivity contribution in [2.75, 3.05) is 0 Å². The van der Waals surface area contributed by atoms with Crippen molar-refractivity contribution in [1.29, 1.82) is 0 Å². The molecule has 0 aromatic heterocycles. The van der Waals surface area contributed by atoms with E-state index in [9.17, 15) is 0 Å². The van der Waals surface area contributed by atoms with E-state index in [0.717, 1.165) is 5.92 Å². The van der Waals surface area contributed by atoms with Crippen molar-refractivity contribution in [2.24, 2.45) is 5.92 Å². The Morgan fingerprint density at radius 3 is 1.04 bits per heavy atom. The minimum atomic E-state index is 0.904. The maximum absolute atomic E-state index is 3.36. The lowest BCUT2D eigenvalue weighted by Crippen LogP contribution is -1.86. The highest BCUT2D eigenvalue weighted by molar-refractivity contribution is 4.51. The third-order valence-corrected chi connectivity index (χ3v) is 2.39. The molecule has 0 amide bonds. The van der Waals surface area contributed by atoms with Gasteiger partial charge in [0.2, 0.25) is 0 Å². The smallest absolute Gasteiger partial charge is 0.0471 e. The first kappa shape index (κ1) is 50.3. The molecule has 0 aliphatic heterocycles. The molecular weight excluding hydrogens is 324 g/mol. The van der Waals surface area contributed by atoms with Crippen molar-refractivity contribution in [2.45, 2.75) is 148 Å². The Balaban J connectivity index is -0.0000000299. The first-order valence-corrected chi connectivity index (χ1v) is 12.2. The summed E-state index contributed by atoms with van der Waals surface area (Å²) >= 11 is 0. The highest BCUT2D eigenvalue weighted by Crippen LogP contribution is 2.09. The lowest BCUT2D eigenvalue weighted by atomic mass is 10.0. The molecule has 0 bridgehead atoms. The molecule has 0 heterocycles. The van der Waals surface area contributed by atoms with Gasteiger partial charge in [-0.2, -0.15) is 0 Å². The molecule has 0 heteroatoms. The molecule has 0 fully saturated rings. The maximum atomic E-state index is 3.36. The minimum absolute atomic E-state index is 0.904. The van der Waals surface area contributed by atoms with Gasteiger partial charge in [-0.15, -0.1) is 19.7 Å². The SMILES string of the molecule is C=C.C=CC.CC.CC.CC.CC.CCCC.CCCCCCCC(C)C. The Kier molecular flexibility index (Phi) is 216. The molecule has 0 aliphatic rings. The van der Waals surface area contributed by atoms with Crippen LogP contribution in [-0.4, -0.2) is 0 Å². The summed E-state index contributed by atoms with van der Waals surface area (Å²) in [5, 5.41) is 0. The molecule has 0 radical (unpaired) electrons. The largest absolute Gasteiger partial charge is 0.106 e. The average molecular weight is 391 g/mol. The lowest BCUT2D eigenvalue weighted by molar-refractivity contribution is 0.518. The van der Waals surface area contributed by atoms with Crippen LogP contribution in [0.25, 0.3) is 0 Å². The van der Waals surface area contributed by atoms with Crippen LogP contribution in [0, 0.1) is 5.92 Å². The molecule has 27 heavy (non-hydrogen) atoms. The van der Waals surface area contributed by atoms with Crippen molar-refractivity contribution in [1.82, 2.24) is 0 Å². The second-order valence-electron chi connectivity index (χ2n) is 5.00. The highest BCUT2D eigenvalue weighted by atomic mass is 14.0. The predicted molar refractivity (Wildman–Crippen MR) is 141 cm³/mol. The molecule has 0 saturated heterocycles. The number of unbranched alkanes of at least 4 members (excludes halogenated alkanes) is 5. The van der Waals surface area contributed by atoms with Crippen LogP contribution in [0.4, 0.5) is 0 Å². The van der Waals surface area contributed by atoms with E-state index in [1.54, 1.807) is 6.08 Å². The second kappa shape index (κ2) is 116. The van der Waals surface area contributed by atoms with Crippen molar-refractivity contribution in [3.8, 4) is 0 Å². The monoisotopic (exact) mass is 391 g/mol. The Hall–Kier alpha value is -0.520. The fourth-order valence-electron chi connectivity index (χ4n) is 1.16. The summed E-state index contributed by atoms with van der Waals surface area (Å²) in [6, 6.07) is 0. The Morgan fingerprint density at radius 1 is 0.593 bits per heavy atom. The van der Waals surface area contributed by atoms with Gasteiger partial charge in [-0.05, 0) is 12.8 Å². The number of allylic oxidation sites excluding steroid dienone is 1. The van der Waals surface area contributed by atoms with E-state index < -0.39 is 0 Å². The maximum Gasteiger partial charge on any atom is -0.0471 e. The molecule has 0 rings (SSSR count). The third-order valence-electron chi connectivity index (χ3n) is 2.39. The van der Waals surface area contributed by atoms with Crippen molar-refractivity contribution < 1.29 is 0 Å². The van der Waals surface area contributed by atoms with Gasteiger partial charge in [0, 0.05) is 0 Å². The topological polar surface area (TPSA) is 0 Å². The number of rotatable bonds is 7. The van der Waals surface area contributed by atoms with E-state index in [2.05, 4.69) is 54.4 Å². The van der Waals surface area contributed by atoms with Crippen molar-refractivity contribution in [3.63, 3.8) is 0 Å². The Labute approximate surface area is 180 Å². The Morgan fingerprint density at radius 2 is 0.852 bits per heavy atom. The molecule has 174 valence electrons. The van der Waals surface area contributed by atoms with Gasteiger partial charge in [0.1, 0.15) is 0 Å². The van der Waals surface area contributed by atoms with Crippen molar-refractivity contribution in [3.05, 3.63) is 25.8 Å². The summed E-state index contributed by atoms with van der Waals surface area (Å²) in [6.07, 6.45) is 12.9. The van der Waals surface area contributed by atoms with E-state index in [1.165, 1.54) is 51.4 Å².